The summed E-state index contributed by atoms with van der Waals surface area (Å²) in [6.07, 6.45) is 2.12. The van der Waals surface area contributed by atoms with Crippen molar-refractivity contribution in [2.45, 2.75) is 19.4 Å². The highest BCUT2D eigenvalue weighted by Crippen LogP contribution is 2.08. The molecule has 1 aromatic heterocycles. The predicted molar refractivity (Wildman–Crippen MR) is 72.7 cm³/mol. The molecule has 4 nitrogen and oxygen atoms in total. The second-order valence-corrected chi connectivity index (χ2v) is 6.70. The SMILES string of the molecule is CC(CBr)N(C)S(=O)(=O)CCc1ccccn1. The summed E-state index contributed by atoms with van der Waals surface area (Å²) in [5.74, 6) is 0.0951. The van der Waals surface area contributed by atoms with E-state index in [0.717, 1.165) is 5.69 Å². The lowest BCUT2D eigenvalue weighted by Gasteiger charge is -2.22. The third-order valence-electron chi connectivity index (χ3n) is 2.63. The fourth-order valence-electron chi connectivity index (χ4n) is 1.29. The zero-order valence-electron chi connectivity index (χ0n) is 10.0. The molecule has 0 saturated carbocycles. The summed E-state index contributed by atoms with van der Waals surface area (Å²) in [5, 5.41) is 0.631. The molecule has 0 amide bonds. The first-order valence-corrected chi connectivity index (χ1v) is 8.12. The number of hydrogen-bond donors (Lipinski definition) is 0. The minimum atomic E-state index is -3.21. The lowest BCUT2D eigenvalue weighted by molar-refractivity contribution is 0.416. The van der Waals surface area contributed by atoms with Crippen LogP contribution in [0.5, 0.6) is 0 Å². The molecular weight excluding hydrogens is 304 g/mol. The van der Waals surface area contributed by atoms with Gasteiger partial charge >= 0.3 is 0 Å². The van der Waals surface area contributed by atoms with Crippen LogP contribution in [0.3, 0.4) is 0 Å². The molecule has 1 unspecified atom stereocenters. The van der Waals surface area contributed by atoms with Gasteiger partial charge in [-0.1, -0.05) is 22.0 Å². The maximum Gasteiger partial charge on any atom is 0.214 e. The first-order valence-electron chi connectivity index (χ1n) is 5.39. The Bertz CT molecular complexity index is 436. The lowest BCUT2D eigenvalue weighted by atomic mass is 10.3. The lowest BCUT2D eigenvalue weighted by Crippen LogP contribution is -2.38. The van der Waals surface area contributed by atoms with Gasteiger partial charge < -0.3 is 0 Å². The van der Waals surface area contributed by atoms with E-state index in [-0.39, 0.29) is 11.8 Å². The molecule has 1 atom stereocenters. The van der Waals surface area contributed by atoms with E-state index in [9.17, 15) is 8.42 Å². The number of halogens is 1. The second-order valence-electron chi connectivity index (χ2n) is 3.91. The summed E-state index contributed by atoms with van der Waals surface area (Å²) in [5.41, 5.74) is 0.802. The first kappa shape index (κ1) is 14.6. The summed E-state index contributed by atoms with van der Waals surface area (Å²) < 4.78 is 25.4. The molecular formula is C11H17BrN2O2S. The molecule has 0 spiro atoms. The van der Waals surface area contributed by atoms with Gasteiger partial charge in [-0.2, -0.15) is 0 Å². The third-order valence-corrected chi connectivity index (χ3v) is 5.52. The Morgan fingerprint density at radius 2 is 2.18 bits per heavy atom. The Hall–Kier alpha value is -0.460. The van der Waals surface area contributed by atoms with Gasteiger partial charge in [0, 0.05) is 36.7 Å². The largest absolute Gasteiger partial charge is 0.261 e. The van der Waals surface area contributed by atoms with Gasteiger partial charge in [-0.25, -0.2) is 12.7 Å². The standard InChI is InChI=1S/C11H17BrN2O2S/c1-10(9-12)14(2)17(15,16)8-6-11-5-3-4-7-13-11/h3-5,7,10H,6,8-9H2,1-2H3. The van der Waals surface area contributed by atoms with Crippen LogP contribution in [0.4, 0.5) is 0 Å². The molecule has 0 aliphatic heterocycles. The van der Waals surface area contributed by atoms with Crippen LogP contribution in [0.25, 0.3) is 0 Å². The molecule has 1 aromatic rings. The smallest absolute Gasteiger partial charge is 0.214 e. The molecule has 6 heteroatoms. The van der Waals surface area contributed by atoms with Crippen molar-refractivity contribution in [1.82, 2.24) is 9.29 Å². The number of aryl methyl sites for hydroxylation is 1. The number of alkyl halides is 1. The summed E-state index contributed by atoms with van der Waals surface area (Å²) in [4.78, 5) is 4.11. The van der Waals surface area contributed by atoms with Crippen LogP contribution < -0.4 is 0 Å². The topological polar surface area (TPSA) is 50.3 Å². The number of pyridine rings is 1. The van der Waals surface area contributed by atoms with Crippen molar-refractivity contribution in [2.75, 3.05) is 18.1 Å². The van der Waals surface area contributed by atoms with Gasteiger partial charge in [-0.15, -0.1) is 0 Å². The van der Waals surface area contributed by atoms with Crippen LogP contribution in [-0.2, 0) is 16.4 Å². The van der Waals surface area contributed by atoms with Gasteiger partial charge in [0.25, 0.3) is 0 Å². The summed E-state index contributed by atoms with van der Waals surface area (Å²) in [6, 6.07) is 5.48. The maximum absolute atomic E-state index is 12.0. The van der Waals surface area contributed by atoms with Gasteiger partial charge in [0.15, 0.2) is 0 Å². The number of nitrogens with zero attached hydrogens (tertiary/aromatic N) is 2. The van der Waals surface area contributed by atoms with E-state index in [4.69, 9.17) is 0 Å². The molecule has 17 heavy (non-hydrogen) atoms. The summed E-state index contributed by atoms with van der Waals surface area (Å²) in [6.45, 7) is 1.87. The average Bonchev–Trinajstić information content (AvgIpc) is 2.36. The van der Waals surface area contributed by atoms with E-state index >= 15 is 0 Å². The number of aromatic nitrogens is 1. The molecule has 0 aliphatic rings. The van der Waals surface area contributed by atoms with Crippen LogP contribution >= 0.6 is 15.9 Å². The van der Waals surface area contributed by atoms with Crippen LogP contribution in [0, 0.1) is 0 Å². The first-order chi connectivity index (χ1) is 7.97. The van der Waals surface area contributed by atoms with Crippen molar-refractivity contribution in [1.29, 1.82) is 0 Å². The predicted octanol–water partition coefficient (Wildman–Crippen LogP) is 1.67. The molecule has 96 valence electrons. The average molecular weight is 321 g/mol. The Morgan fingerprint density at radius 3 is 2.71 bits per heavy atom. The normalized spacial score (nSPS) is 13.9. The van der Waals surface area contributed by atoms with Crippen molar-refractivity contribution in [2.24, 2.45) is 0 Å². The van der Waals surface area contributed by atoms with Crippen LogP contribution in [0.15, 0.2) is 24.4 Å². The molecule has 0 N–H and O–H groups in total. The van der Waals surface area contributed by atoms with Crippen molar-refractivity contribution < 1.29 is 8.42 Å². The Kier molecular flexibility index (Phi) is 5.55. The van der Waals surface area contributed by atoms with Crippen molar-refractivity contribution in [3.63, 3.8) is 0 Å². The third kappa shape index (κ3) is 4.37. The molecule has 0 fully saturated rings. The van der Waals surface area contributed by atoms with Gasteiger partial charge in [0.2, 0.25) is 10.0 Å². The zero-order chi connectivity index (χ0) is 12.9. The van der Waals surface area contributed by atoms with Gasteiger partial charge in [-0.05, 0) is 19.1 Å². The molecule has 0 aliphatic carbocycles. The summed E-state index contributed by atoms with van der Waals surface area (Å²) in [7, 11) is -1.60. The highest BCUT2D eigenvalue weighted by molar-refractivity contribution is 9.09. The minimum Gasteiger partial charge on any atom is -0.261 e. The number of sulfonamides is 1. The van der Waals surface area contributed by atoms with E-state index in [1.54, 1.807) is 13.2 Å². The highest BCUT2D eigenvalue weighted by Gasteiger charge is 2.22. The molecule has 0 aromatic carbocycles. The van der Waals surface area contributed by atoms with E-state index in [0.29, 0.717) is 11.8 Å². The van der Waals surface area contributed by atoms with Crippen molar-refractivity contribution >= 4 is 26.0 Å². The molecule has 0 saturated heterocycles. The second kappa shape index (κ2) is 6.47. The van der Waals surface area contributed by atoms with Gasteiger partial charge in [-0.3, -0.25) is 4.98 Å². The quantitative estimate of drug-likeness (QED) is 0.749. The number of hydrogen-bond acceptors (Lipinski definition) is 3. The van der Waals surface area contributed by atoms with Crippen molar-refractivity contribution in [3.8, 4) is 0 Å². The van der Waals surface area contributed by atoms with Crippen LogP contribution in [0.2, 0.25) is 0 Å². The molecule has 0 radical (unpaired) electrons. The fourth-order valence-corrected chi connectivity index (χ4v) is 3.30. The van der Waals surface area contributed by atoms with Gasteiger partial charge in [0.1, 0.15) is 0 Å². The Labute approximate surface area is 111 Å². The van der Waals surface area contributed by atoms with E-state index in [1.807, 2.05) is 25.1 Å². The maximum atomic E-state index is 12.0. The number of rotatable bonds is 6. The monoisotopic (exact) mass is 320 g/mol. The molecule has 1 heterocycles. The van der Waals surface area contributed by atoms with Crippen LogP contribution in [0.1, 0.15) is 12.6 Å². The minimum absolute atomic E-state index is 0.0382. The van der Waals surface area contributed by atoms with E-state index in [1.165, 1.54) is 4.31 Å². The Morgan fingerprint density at radius 1 is 1.47 bits per heavy atom. The van der Waals surface area contributed by atoms with Gasteiger partial charge in [0.05, 0.1) is 5.75 Å². The molecule has 0 bridgehead atoms. The highest BCUT2D eigenvalue weighted by atomic mass is 79.9. The van der Waals surface area contributed by atoms with Crippen LogP contribution in [-0.4, -0.2) is 41.9 Å². The van der Waals surface area contributed by atoms with E-state index < -0.39 is 10.0 Å². The zero-order valence-corrected chi connectivity index (χ0v) is 12.4. The fraction of sp³-hybridized carbons (Fsp3) is 0.545. The Balaban J connectivity index is 2.62. The summed E-state index contributed by atoms with van der Waals surface area (Å²) >= 11 is 3.29. The van der Waals surface area contributed by atoms with Crippen molar-refractivity contribution in [3.05, 3.63) is 30.1 Å². The molecule has 1 rings (SSSR count). The van der Waals surface area contributed by atoms with E-state index in [2.05, 4.69) is 20.9 Å².